The van der Waals surface area contributed by atoms with Crippen molar-refractivity contribution in [2.24, 2.45) is 0 Å². The average Bonchev–Trinajstić information content (AvgIpc) is 3.11. The first-order valence-corrected chi connectivity index (χ1v) is 21.5. The Morgan fingerprint density at radius 2 is 1.02 bits per heavy atom. The van der Waals surface area contributed by atoms with Gasteiger partial charge in [-0.2, -0.15) is 0 Å². The lowest BCUT2D eigenvalue weighted by molar-refractivity contribution is -0.870. The molecule has 2 atom stereocenters. The number of nitrogens with zero attached hydrogens (tertiary/aromatic N) is 1. The third-order valence-electron chi connectivity index (χ3n) is 9.20. The van der Waals surface area contributed by atoms with E-state index in [1.165, 1.54) is 96.3 Å². The number of aliphatic carboxylic acids is 1. The number of carbonyl (C=O) groups excluding carboxylic acids is 3. The number of unbranched alkanes of at least 4 members (excludes halogenated alkanes) is 20. The van der Waals surface area contributed by atoms with Gasteiger partial charge in [-0.3, -0.25) is 9.59 Å². The predicted octanol–water partition coefficient (Wildman–Crippen LogP) is 9.55. The van der Waals surface area contributed by atoms with E-state index in [0.717, 1.165) is 51.4 Å². The molecule has 9 nitrogen and oxygen atoms in total. The van der Waals surface area contributed by atoms with Gasteiger partial charge in [-0.05, 0) is 44.9 Å². The van der Waals surface area contributed by atoms with Crippen molar-refractivity contribution in [2.75, 3.05) is 47.5 Å². The fraction of sp³-hybridized carbons (Fsp3) is 0.841. The van der Waals surface area contributed by atoms with Crippen molar-refractivity contribution < 1.29 is 42.9 Å². The molecule has 2 unspecified atom stereocenters. The van der Waals surface area contributed by atoms with Gasteiger partial charge in [0.1, 0.15) is 13.2 Å². The summed E-state index contributed by atoms with van der Waals surface area (Å²) in [5, 5.41) is 11.6. The van der Waals surface area contributed by atoms with Gasteiger partial charge < -0.3 is 33.3 Å². The molecule has 0 fully saturated rings. The zero-order valence-corrected chi connectivity index (χ0v) is 34.9. The summed E-state index contributed by atoms with van der Waals surface area (Å²) in [5.74, 6) is -2.29. The molecule has 0 aromatic rings. The molecule has 0 saturated heterocycles. The fourth-order valence-electron chi connectivity index (χ4n) is 5.80. The van der Waals surface area contributed by atoms with Crippen LogP contribution in [-0.4, -0.2) is 82.3 Å². The van der Waals surface area contributed by atoms with Crippen LogP contribution >= 0.6 is 0 Å². The second-order valence-electron chi connectivity index (χ2n) is 15.6. The Morgan fingerprint density at radius 1 is 0.566 bits per heavy atom. The van der Waals surface area contributed by atoms with Crippen LogP contribution in [-0.2, 0) is 33.3 Å². The standard InChI is InChI=1S/C44H81NO8/c1-6-8-10-12-14-16-17-18-19-20-21-22-23-24-25-27-29-31-33-35-42(47)53-40(39-52-44(43(48)49)50-37-36-45(3,4)5)38-51-41(46)34-32-30-28-26-15-13-11-9-7-2/h14,16,18-19,40,44H,6-13,15,17,20-39H2,1-5H3/b16-14-,19-18-. The highest BCUT2D eigenvalue weighted by Crippen LogP contribution is 2.14. The Kier molecular flexibility index (Phi) is 35.2. The molecular formula is C44H81NO8. The molecule has 0 saturated carbocycles. The predicted molar refractivity (Wildman–Crippen MR) is 214 cm³/mol. The van der Waals surface area contributed by atoms with Crippen molar-refractivity contribution in [3.63, 3.8) is 0 Å². The second kappa shape index (κ2) is 36.7. The zero-order chi connectivity index (χ0) is 39.3. The number of rotatable bonds is 39. The number of likely N-dealkylation sites (N-methyl/N-ethyl adjacent to an activating group) is 1. The number of ether oxygens (including phenoxy) is 4. The Hall–Kier alpha value is -2.23. The first-order valence-electron chi connectivity index (χ1n) is 21.5. The quantitative estimate of drug-likeness (QED) is 0.0201. The maximum absolute atomic E-state index is 12.7. The second-order valence-corrected chi connectivity index (χ2v) is 15.6. The molecule has 9 heteroatoms. The number of carboxylic acid groups (broad SMARTS) is 1. The number of quaternary nitrogens is 1. The van der Waals surface area contributed by atoms with Crippen LogP contribution in [0.1, 0.15) is 181 Å². The summed E-state index contributed by atoms with van der Waals surface area (Å²) >= 11 is 0. The minimum Gasteiger partial charge on any atom is -0.545 e. The molecule has 0 aliphatic rings. The molecule has 0 N–H and O–H groups in total. The van der Waals surface area contributed by atoms with Crippen LogP contribution in [0.25, 0.3) is 0 Å². The van der Waals surface area contributed by atoms with Crippen LogP contribution in [0.4, 0.5) is 0 Å². The third kappa shape index (κ3) is 37.9. The van der Waals surface area contributed by atoms with E-state index in [9.17, 15) is 19.5 Å². The maximum Gasteiger partial charge on any atom is 0.306 e. The smallest absolute Gasteiger partial charge is 0.306 e. The summed E-state index contributed by atoms with van der Waals surface area (Å²) in [6.07, 6.45) is 35.0. The monoisotopic (exact) mass is 752 g/mol. The SMILES string of the molecule is CCCCC/C=C\C/C=C\CCCCCCCCCCCC(=O)OC(COC(=O)CCCCCCCCCCC)COC(OCC[N+](C)(C)C)C(=O)[O-]. The van der Waals surface area contributed by atoms with Crippen LogP contribution in [0, 0.1) is 0 Å². The first-order chi connectivity index (χ1) is 25.6. The van der Waals surface area contributed by atoms with Crippen molar-refractivity contribution in [3.8, 4) is 0 Å². The Morgan fingerprint density at radius 3 is 1.53 bits per heavy atom. The number of hydrogen-bond acceptors (Lipinski definition) is 8. The highest BCUT2D eigenvalue weighted by molar-refractivity contribution is 5.70. The number of hydrogen-bond donors (Lipinski definition) is 0. The average molecular weight is 752 g/mol. The fourth-order valence-corrected chi connectivity index (χ4v) is 5.80. The molecule has 0 amide bonds. The van der Waals surface area contributed by atoms with E-state index < -0.39 is 24.3 Å². The Balaban J connectivity index is 4.39. The van der Waals surface area contributed by atoms with E-state index in [1.807, 2.05) is 21.1 Å². The normalized spacial score (nSPS) is 13.2. The summed E-state index contributed by atoms with van der Waals surface area (Å²) in [6, 6.07) is 0. The van der Waals surface area contributed by atoms with Gasteiger partial charge in [-0.25, -0.2) is 0 Å². The number of carboxylic acids is 1. The van der Waals surface area contributed by atoms with Gasteiger partial charge in [-0.1, -0.05) is 147 Å². The lowest BCUT2D eigenvalue weighted by Gasteiger charge is -2.26. The molecule has 0 aromatic heterocycles. The molecule has 310 valence electrons. The van der Waals surface area contributed by atoms with Crippen LogP contribution in [0.3, 0.4) is 0 Å². The van der Waals surface area contributed by atoms with E-state index in [1.54, 1.807) is 0 Å². The lowest BCUT2D eigenvalue weighted by Crippen LogP contribution is -2.44. The van der Waals surface area contributed by atoms with Crippen molar-refractivity contribution in [1.82, 2.24) is 0 Å². The molecule has 53 heavy (non-hydrogen) atoms. The van der Waals surface area contributed by atoms with Gasteiger partial charge in [0, 0.05) is 12.8 Å². The minimum absolute atomic E-state index is 0.148. The van der Waals surface area contributed by atoms with Gasteiger partial charge in [0.25, 0.3) is 0 Å². The molecule has 0 radical (unpaired) electrons. The van der Waals surface area contributed by atoms with Crippen LogP contribution in [0.2, 0.25) is 0 Å². The Bertz CT molecular complexity index is 929. The molecule has 0 heterocycles. The first kappa shape index (κ1) is 50.8. The molecule has 0 aliphatic carbocycles. The van der Waals surface area contributed by atoms with Crippen LogP contribution in [0.5, 0.6) is 0 Å². The summed E-state index contributed by atoms with van der Waals surface area (Å²) in [5.41, 5.74) is 0. The van der Waals surface area contributed by atoms with Crippen molar-refractivity contribution in [3.05, 3.63) is 24.3 Å². The van der Waals surface area contributed by atoms with E-state index in [2.05, 4.69) is 38.2 Å². The van der Waals surface area contributed by atoms with Crippen LogP contribution in [0.15, 0.2) is 24.3 Å². The Labute approximate surface area is 325 Å². The number of carbonyl (C=O) groups is 3. The van der Waals surface area contributed by atoms with Gasteiger partial charge in [0.05, 0.1) is 40.3 Å². The summed E-state index contributed by atoms with van der Waals surface area (Å²) < 4.78 is 22.5. The number of allylic oxidation sites excluding steroid dienone is 4. The lowest BCUT2D eigenvalue weighted by atomic mass is 10.1. The van der Waals surface area contributed by atoms with Gasteiger partial charge in [-0.15, -0.1) is 0 Å². The van der Waals surface area contributed by atoms with Gasteiger partial charge >= 0.3 is 11.9 Å². The summed E-state index contributed by atoms with van der Waals surface area (Å²) in [6.45, 7) is 4.68. The van der Waals surface area contributed by atoms with E-state index in [0.29, 0.717) is 23.9 Å². The molecular weight excluding hydrogens is 670 g/mol. The third-order valence-corrected chi connectivity index (χ3v) is 9.20. The largest absolute Gasteiger partial charge is 0.545 e. The number of esters is 2. The van der Waals surface area contributed by atoms with Crippen molar-refractivity contribution in [2.45, 2.75) is 193 Å². The topological polar surface area (TPSA) is 111 Å². The van der Waals surface area contributed by atoms with E-state index >= 15 is 0 Å². The van der Waals surface area contributed by atoms with E-state index in [-0.39, 0.29) is 32.2 Å². The van der Waals surface area contributed by atoms with Gasteiger partial charge in [0.15, 0.2) is 12.4 Å². The van der Waals surface area contributed by atoms with E-state index in [4.69, 9.17) is 18.9 Å². The van der Waals surface area contributed by atoms with Crippen molar-refractivity contribution in [1.29, 1.82) is 0 Å². The molecule has 0 bridgehead atoms. The summed E-state index contributed by atoms with van der Waals surface area (Å²) in [7, 11) is 5.90. The molecule has 0 aromatic carbocycles. The zero-order valence-electron chi connectivity index (χ0n) is 34.9. The minimum atomic E-state index is -1.62. The highest BCUT2D eigenvalue weighted by atomic mass is 16.7. The molecule has 0 rings (SSSR count). The van der Waals surface area contributed by atoms with Crippen LogP contribution < -0.4 is 5.11 Å². The van der Waals surface area contributed by atoms with Gasteiger partial charge in [0.2, 0.25) is 0 Å². The summed E-state index contributed by atoms with van der Waals surface area (Å²) in [4.78, 5) is 36.8. The maximum atomic E-state index is 12.7. The highest BCUT2D eigenvalue weighted by Gasteiger charge is 2.21. The molecule has 0 aliphatic heterocycles. The molecule has 0 spiro atoms. The van der Waals surface area contributed by atoms with Crippen molar-refractivity contribution >= 4 is 17.9 Å².